The molecule has 2 aliphatic rings. The van der Waals surface area contributed by atoms with Crippen molar-refractivity contribution < 1.29 is 13.2 Å². The van der Waals surface area contributed by atoms with Crippen LogP contribution in [0.4, 0.5) is 0 Å². The summed E-state index contributed by atoms with van der Waals surface area (Å²) in [6.45, 7) is 0.927. The largest absolute Gasteiger partial charge is 0.381 e. The minimum Gasteiger partial charge on any atom is -0.381 e. The van der Waals surface area contributed by atoms with Gasteiger partial charge in [-0.1, -0.05) is 0 Å². The van der Waals surface area contributed by atoms with E-state index in [9.17, 15) is 8.42 Å². The van der Waals surface area contributed by atoms with Gasteiger partial charge in [0, 0.05) is 30.6 Å². The first-order valence-corrected chi connectivity index (χ1v) is 9.74. The Morgan fingerprint density at radius 3 is 2.71 bits per heavy atom. The van der Waals surface area contributed by atoms with Gasteiger partial charge in [-0.05, 0) is 44.2 Å². The minimum absolute atomic E-state index is 0.0158. The van der Waals surface area contributed by atoms with E-state index in [4.69, 9.17) is 4.74 Å². The number of ether oxygens (including phenoxy) is 1. The molecule has 0 aromatic carbocycles. The zero-order valence-electron chi connectivity index (χ0n) is 12.2. The molecular formula is C14H22N2O3S2. The SMILES string of the molecule is COC1CC(NS(=O)(=O)c2ccc(CCNC3CC3)s2)C1. The Morgan fingerprint density at radius 2 is 2.05 bits per heavy atom. The van der Waals surface area contributed by atoms with Crippen LogP contribution in [0.25, 0.3) is 0 Å². The molecule has 0 spiro atoms. The maximum Gasteiger partial charge on any atom is 0.250 e. The van der Waals surface area contributed by atoms with Crippen LogP contribution in [0.2, 0.25) is 0 Å². The Morgan fingerprint density at radius 1 is 1.29 bits per heavy atom. The van der Waals surface area contributed by atoms with Gasteiger partial charge in [0.2, 0.25) is 10.0 Å². The summed E-state index contributed by atoms with van der Waals surface area (Å²) in [6, 6.07) is 4.35. The van der Waals surface area contributed by atoms with Gasteiger partial charge in [-0.25, -0.2) is 13.1 Å². The Labute approximate surface area is 130 Å². The van der Waals surface area contributed by atoms with Gasteiger partial charge in [0.1, 0.15) is 4.21 Å². The fraction of sp³-hybridized carbons (Fsp3) is 0.714. The third-order valence-electron chi connectivity index (χ3n) is 4.03. The topological polar surface area (TPSA) is 67.4 Å². The number of hydrogen-bond acceptors (Lipinski definition) is 5. The van der Waals surface area contributed by atoms with Crippen molar-refractivity contribution in [3.8, 4) is 0 Å². The van der Waals surface area contributed by atoms with Gasteiger partial charge >= 0.3 is 0 Å². The van der Waals surface area contributed by atoms with Gasteiger partial charge in [-0.2, -0.15) is 0 Å². The predicted octanol–water partition coefficient (Wildman–Crippen LogP) is 1.50. The molecule has 0 saturated heterocycles. The van der Waals surface area contributed by atoms with E-state index in [1.165, 1.54) is 24.2 Å². The van der Waals surface area contributed by atoms with E-state index in [0.717, 1.165) is 30.7 Å². The second-order valence-corrected chi connectivity index (χ2v) is 8.96. The quantitative estimate of drug-likeness (QED) is 0.758. The van der Waals surface area contributed by atoms with Gasteiger partial charge in [0.15, 0.2) is 0 Å². The van der Waals surface area contributed by atoms with Crippen LogP contribution in [0.15, 0.2) is 16.3 Å². The molecule has 5 nitrogen and oxygen atoms in total. The van der Waals surface area contributed by atoms with Crippen LogP contribution in [-0.4, -0.2) is 40.3 Å². The number of nitrogens with one attached hydrogen (secondary N) is 2. The molecule has 21 heavy (non-hydrogen) atoms. The van der Waals surface area contributed by atoms with Crippen LogP contribution in [0.1, 0.15) is 30.6 Å². The van der Waals surface area contributed by atoms with Gasteiger partial charge in [-0.3, -0.25) is 0 Å². The van der Waals surface area contributed by atoms with E-state index in [2.05, 4.69) is 10.0 Å². The number of sulfonamides is 1. The lowest BCUT2D eigenvalue weighted by molar-refractivity contribution is 0.0236. The fourth-order valence-corrected chi connectivity index (χ4v) is 5.09. The highest BCUT2D eigenvalue weighted by atomic mass is 32.2. The highest BCUT2D eigenvalue weighted by Crippen LogP contribution is 2.27. The summed E-state index contributed by atoms with van der Waals surface area (Å²) >= 11 is 1.37. The van der Waals surface area contributed by atoms with Crippen LogP contribution in [-0.2, 0) is 21.2 Å². The molecule has 2 aliphatic carbocycles. The number of methoxy groups -OCH3 is 1. The monoisotopic (exact) mass is 330 g/mol. The molecule has 0 atom stereocenters. The standard InChI is InChI=1S/C14H22N2O3S2/c1-19-12-8-11(9-12)16-21(17,18)14-5-4-13(20-14)6-7-15-10-2-3-10/h4-5,10-12,15-16H,2-3,6-9H2,1H3. The smallest absolute Gasteiger partial charge is 0.250 e. The van der Waals surface area contributed by atoms with Gasteiger partial charge in [0.05, 0.1) is 6.10 Å². The zero-order chi connectivity index (χ0) is 14.9. The maximum absolute atomic E-state index is 12.3. The summed E-state index contributed by atoms with van der Waals surface area (Å²) in [5.74, 6) is 0. The fourth-order valence-electron chi connectivity index (χ4n) is 2.46. The predicted molar refractivity (Wildman–Crippen MR) is 83.2 cm³/mol. The first-order valence-electron chi connectivity index (χ1n) is 7.44. The molecule has 0 unspecified atom stereocenters. The molecule has 0 aliphatic heterocycles. The lowest BCUT2D eigenvalue weighted by Gasteiger charge is -2.34. The molecule has 0 amide bonds. The summed E-state index contributed by atoms with van der Waals surface area (Å²) in [6.07, 6.45) is 5.17. The van der Waals surface area contributed by atoms with Gasteiger partial charge in [0.25, 0.3) is 0 Å². The van der Waals surface area contributed by atoms with Crippen LogP contribution >= 0.6 is 11.3 Å². The molecular weight excluding hydrogens is 308 g/mol. The minimum atomic E-state index is -3.37. The van der Waals surface area contributed by atoms with Crippen molar-refractivity contribution in [2.24, 2.45) is 0 Å². The van der Waals surface area contributed by atoms with Crippen molar-refractivity contribution in [2.75, 3.05) is 13.7 Å². The third kappa shape index (κ3) is 4.04. The molecule has 1 heterocycles. The molecule has 118 valence electrons. The zero-order valence-corrected chi connectivity index (χ0v) is 13.8. The third-order valence-corrected chi connectivity index (χ3v) is 7.19. The summed E-state index contributed by atoms with van der Waals surface area (Å²) < 4.78 is 32.9. The first-order chi connectivity index (χ1) is 10.1. The lowest BCUT2D eigenvalue weighted by atomic mass is 9.90. The first kappa shape index (κ1) is 15.4. The van der Waals surface area contributed by atoms with Crippen molar-refractivity contribution in [1.82, 2.24) is 10.0 Å². The molecule has 2 saturated carbocycles. The van der Waals surface area contributed by atoms with Crippen LogP contribution in [0.5, 0.6) is 0 Å². The molecule has 2 fully saturated rings. The van der Waals surface area contributed by atoms with Crippen LogP contribution in [0, 0.1) is 0 Å². The van der Waals surface area contributed by atoms with E-state index in [1.54, 1.807) is 13.2 Å². The Bertz CT molecular complexity index is 575. The van der Waals surface area contributed by atoms with Gasteiger partial charge in [-0.15, -0.1) is 11.3 Å². The number of thiophene rings is 1. The molecule has 2 N–H and O–H groups in total. The molecule has 0 radical (unpaired) electrons. The molecule has 7 heteroatoms. The van der Waals surface area contributed by atoms with Crippen molar-refractivity contribution in [2.45, 2.75) is 54.5 Å². The van der Waals surface area contributed by atoms with Crippen LogP contribution in [0.3, 0.4) is 0 Å². The molecule has 1 aromatic heterocycles. The molecule has 1 aromatic rings. The van der Waals surface area contributed by atoms with E-state index in [-0.39, 0.29) is 12.1 Å². The molecule has 0 bridgehead atoms. The number of hydrogen-bond donors (Lipinski definition) is 2. The van der Waals surface area contributed by atoms with Crippen molar-refractivity contribution in [3.05, 3.63) is 17.0 Å². The number of rotatable bonds is 8. The summed E-state index contributed by atoms with van der Waals surface area (Å²) in [5, 5.41) is 3.44. The van der Waals surface area contributed by atoms with Crippen molar-refractivity contribution >= 4 is 21.4 Å². The van der Waals surface area contributed by atoms with Gasteiger partial charge < -0.3 is 10.1 Å². The van der Waals surface area contributed by atoms with E-state index >= 15 is 0 Å². The summed E-state index contributed by atoms with van der Waals surface area (Å²) in [7, 11) is -1.70. The average Bonchev–Trinajstić information content (AvgIpc) is 3.09. The Hall–Kier alpha value is -0.470. The average molecular weight is 330 g/mol. The molecule has 3 rings (SSSR count). The highest BCUT2D eigenvalue weighted by molar-refractivity contribution is 7.91. The Balaban J connectivity index is 1.51. The second-order valence-electron chi connectivity index (χ2n) is 5.85. The maximum atomic E-state index is 12.3. The van der Waals surface area contributed by atoms with E-state index < -0.39 is 10.0 Å². The summed E-state index contributed by atoms with van der Waals surface area (Å²) in [5.41, 5.74) is 0. The van der Waals surface area contributed by atoms with Crippen LogP contribution < -0.4 is 10.0 Å². The highest BCUT2D eigenvalue weighted by Gasteiger charge is 2.33. The Kier molecular flexibility index (Phi) is 4.66. The van der Waals surface area contributed by atoms with E-state index in [0.29, 0.717) is 10.3 Å². The van der Waals surface area contributed by atoms with Crippen molar-refractivity contribution in [3.63, 3.8) is 0 Å². The van der Waals surface area contributed by atoms with E-state index in [1.807, 2.05) is 6.07 Å². The lowest BCUT2D eigenvalue weighted by Crippen LogP contribution is -2.47. The second kappa shape index (κ2) is 6.34. The summed E-state index contributed by atoms with van der Waals surface area (Å²) in [4.78, 5) is 1.12. The van der Waals surface area contributed by atoms with Crippen molar-refractivity contribution in [1.29, 1.82) is 0 Å². The normalized spacial score (nSPS) is 25.8.